The Morgan fingerprint density at radius 2 is 1.66 bits per heavy atom. The maximum atomic E-state index is 13.8. The average molecular weight is 613 g/mol. The van der Waals surface area contributed by atoms with Crippen LogP contribution < -0.4 is 10.1 Å². The van der Waals surface area contributed by atoms with Gasteiger partial charge in [0.15, 0.2) is 0 Å². The Morgan fingerprint density at radius 1 is 0.955 bits per heavy atom. The predicted molar refractivity (Wildman–Crippen MR) is 168 cm³/mol. The number of carbonyl (C=O) groups excluding carboxylic acids is 3. The zero-order valence-corrected chi connectivity index (χ0v) is 26.6. The van der Waals surface area contributed by atoms with Crippen LogP contribution in [-0.2, 0) is 14.3 Å². The van der Waals surface area contributed by atoms with Gasteiger partial charge < -0.3 is 34.6 Å². The summed E-state index contributed by atoms with van der Waals surface area (Å²) in [5, 5.41) is 14.2. The summed E-state index contributed by atoms with van der Waals surface area (Å²) in [6.07, 6.45) is 9.78. The number of hydrogen-bond donors (Lipinski definition) is 2. The van der Waals surface area contributed by atoms with Gasteiger partial charge in [0, 0.05) is 44.7 Å². The van der Waals surface area contributed by atoms with Crippen LogP contribution in [0.4, 0.5) is 0 Å². The second-order valence-electron chi connectivity index (χ2n) is 13.2. The van der Waals surface area contributed by atoms with E-state index >= 15 is 0 Å². The molecule has 4 aliphatic rings. The van der Waals surface area contributed by atoms with Crippen LogP contribution in [0.1, 0.15) is 94.3 Å². The fraction of sp³-hybridized carbons (Fsp3) is 0.735. The Balaban J connectivity index is 1.06. The fourth-order valence-corrected chi connectivity index (χ4v) is 7.36. The quantitative estimate of drug-likeness (QED) is 0.348. The molecule has 1 aromatic carbocycles. The van der Waals surface area contributed by atoms with Crippen molar-refractivity contribution < 1.29 is 29.0 Å². The number of unbranched alkanes of at least 4 members (excludes halogenated alkanes) is 2. The highest BCUT2D eigenvalue weighted by molar-refractivity contribution is 6.00. The minimum atomic E-state index is -0.856. The molecule has 4 fully saturated rings. The van der Waals surface area contributed by atoms with Gasteiger partial charge >= 0.3 is 0 Å². The van der Waals surface area contributed by atoms with E-state index in [-0.39, 0.29) is 17.7 Å². The molecule has 0 bridgehead atoms. The first-order valence-electron chi connectivity index (χ1n) is 17.0. The minimum absolute atomic E-state index is 0.0128. The maximum absolute atomic E-state index is 13.8. The van der Waals surface area contributed by atoms with Crippen LogP contribution in [0.15, 0.2) is 24.3 Å². The van der Waals surface area contributed by atoms with E-state index in [2.05, 4.69) is 17.1 Å². The van der Waals surface area contributed by atoms with Gasteiger partial charge in [-0.05, 0) is 75.8 Å². The van der Waals surface area contributed by atoms with Gasteiger partial charge in [-0.3, -0.25) is 14.4 Å². The Bertz CT molecular complexity index is 1110. The monoisotopic (exact) mass is 612 g/mol. The number of likely N-dealkylation sites (tertiary alicyclic amines) is 1. The van der Waals surface area contributed by atoms with Gasteiger partial charge in [0.1, 0.15) is 17.3 Å². The number of benzene rings is 1. The van der Waals surface area contributed by atoms with E-state index in [0.29, 0.717) is 77.1 Å². The lowest BCUT2D eigenvalue weighted by molar-refractivity contribution is -0.163. The molecular weight excluding hydrogens is 560 g/mol. The SMILES string of the molecule is CCCCN1C(=O)[C@@H](CC2(O)CCCCC2)NC(=O)C12CCN(CCCCOc1ccc(C(=O)N3CCOCC3)cc1)CC2. The highest BCUT2D eigenvalue weighted by atomic mass is 16.5. The molecule has 0 aromatic heterocycles. The van der Waals surface area contributed by atoms with Crippen molar-refractivity contribution >= 4 is 17.7 Å². The molecule has 3 saturated heterocycles. The predicted octanol–water partition coefficient (Wildman–Crippen LogP) is 3.37. The molecule has 0 unspecified atom stereocenters. The second-order valence-corrected chi connectivity index (χ2v) is 13.2. The summed E-state index contributed by atoms with van der Waals surface area (Å²) >= 11 is 0. The topological polar surface area (TPSA) is 112 Å². The van der Waals surface area contributed by atoms with E-state index in [1.54, 1.807) is 0 Å². The number of hydrogen-bond acceptors (Lipinski definition) is 7. The van der Waals surface area contributed by atoms with Crippen molar-refractivity contribution in [2.75, 3.05) is 59.1 Å². The van der Waals surface area contributed by atoms with Crippen LogP contribution >= 0.6 is 0 Å². The number of piperazine rings is 1. The van der Waals surface area contributed by atoms with Gasteiger partial charge in [0.05, 0.1) is 25.4 Å². The lowest BCUT2D eigenvalue weighted by atomic mass is 9.77. The Morgan fingerprint density at radius 3 is 2.34 bits per heavy atom. The highest BCUT2D eigenvalue weighted by Gasteiger charge is 2.54. The summed E-state index contributed by atoms with van der Waals surface area (Å²) in [6, 6.07) is 6.74. The molecule has 10 nitrogen and oxygen atoms in total. The molecule has 1 spiro atoms. The number of morpholine rings is 1. The van der Waals surface area contributed by atoms with Gasteiger partial charge in [-0.1, -0.05) is 32.6 Å². The Labute approximate surface area is 262 Å². The van der Waals surface area contributed by atoms with Crippen molar-refractivity contribution in [3.8, 4) is 5.75 Å². The van der Waals surface area contributed by atoms with Gasteiger partial charge in [-0.2, -0.15) is 0 Å². The minimum Gasteiger partial charge on any atom is -0.494 e. The maximum Gasteiger partial charge on any atom is 0.254 e. The molecule has 1 saturated carbocycles. The largest absolute Gasteiger partial charge is 0.494 e. The number of carbonyl (C=O) groups is 3. The third-order valence-corrected chi connectivity index (χ3v) is 10.1. The van der Waals surface area contributed by atoms with Gasteiger partial charge in [-0.25, -0.2) is 0 Å². The second kappa shape index (κ2) is 15.1. The van der Waals surface area contributed by atoms with Crippen LogP contribution in [0.3, 0.4) is 0 Å². The van der Waals surface area contributed by atoms with Crippen molar-refractivity contribution in [3.05, 3.63) is 29.8 Å². The molecule has 44 heavy (non-hydrogen) atoms. The molecule has 2 N–H and O–H groups in total. The van der Waals surface area contributed by atoms with Crippen LogP contribution in [0.2, 0.25) is 0 Å². The molecule has 1 atom stereocenters. The molecule has 1 aromatic rings. The van der Waals surface area contributed by atoms with Crippen molar-refractivity contribution in [2.45, 2.75) is 101 Å². The zero-order valence-electron chi connectivity index (χ0n) is 26.6. The number of piperidine rings is 1. The summed E-state index contributed by atoms with van der Waals surface area (Å²) in [6.45, 7) is 8.21. The first-order chi connectivity index (χ1) is 21.3. The van der Waals surface area contributed by atoms with Crippen molar-refractivity contribution in [3.63, 3.8) is 0 Å². The zero-order chi connectivity index (χ0) is 31.0. The van der Waals surface area contributed by atoms with Gasteiger partial charge in [0.25, 0.3) is 5.91 Å². The Hall–Kier alpha value is -2.69. The first kappa shape index (κ1) is 32.7. The van der Waals surface area contributed by atoms with Crippen LogP contribution in [0, 0.1) is 0 Å². The van der Waals surface area contributed by atoms with E-state index in [1.165, 1.54) is 0 Å². The van der Waals surface area contributed by atoms with Crippen LogP contribution in [-0.4, -0.2) is 114 Å². The van der Waals surface area contributed by atoms with Crippen molar-refractivity contribution in [2.24, 2.45) is 0 Å². The standard InChI is InChI=1S/C34H52N4O6/c1-2-3-18-38-31(40)29(26-33(42)13-5-4-6-14-33)35-32(41)34(38)15-19-36(20-16-34)17-7-8-23-44-28-11-9-27(10-12-28)30(39)37-21-24-43-25-22-37/h9-12,29,42H,2-8,13-26H2,1H3,(H,35,41)/t29-/m1/s1. The molecular formula is C34H52N4O6. The number of amides is 3. The fourth-order valence-electron chi connectivity index (χ4n) is 7.36. The third-order valence-electron chi connectivity index (χ3n) is 10.1. The summed E-state index contributed by atoms with van der Waals surface area (Å²) in [5.41, 5.74) is -0.973. The molecule has 1 aliphatic carbocycles. The summed E-state index contributed by atoms with van der Waals surface area (Å²) in [7, 11) is 0. The molecule has 3 amide bonds. The number of aliphatic hydroxyl groups is 1. The average Bonchev–Trinajstić information content (AvgIpc) is 3.05. The van der Waals surface area contributed by atoms with Crippen LogP contribution in [0.5, 0.6) is 5.75 Å². The molecule has 10 heteroatoms. The number of rotatable bonds is 12. The van der Waals surface area contributed by atoms with Crippen molar-refractivity contribution in [1.82, 2.24) is 20.0 Å². The Kier molecular flexibility index (Phi) is 11.2. The molecule has 3 aliphatic heterocycles. The third kappa shape index (κ3) is 7.74. The number of nitrogens with zero attached hydrogens (tertiary/aromatic N) is 3. The smallest absolute Gasteiger partial charge is 0.254 e. The van der Waals surface area contributed by atoms with Gasteiger partial charge in [-0.15, -0.1) is 0 Å². The lowest BCUT2D eigenvalue weighted by Gasteiger charge is -2.52. The normalized spacial score (nSPS) is 23.9. The van der Waals surface area contributed by atoms with Crippen molar-refractivity contribution in [1.29, 1.82) is 0 Å². The van der Waals surface area contributed by atoms with E-state index in [0.717, 1.165) is 70.3 Å². The first-order valence-corrected chi connectivity index (χ1v) is 17.0. The lowest BCUT2D eigenvalue weighted by Crippen LogP contribution is -2.73. The number of nitrogens with one attached hydrogen (secondary N) is 1. The molecule has 0 radical (unpaired) electrons. The highest BCUT2D eigenvalue weighted by Crippen LogP contribution is 2.37. The summed E-state index contributed by atoms with van der Waals surface area (Å²) in [4.78, 5) is 46.2. The van der Waals surface area contributed by atoms with E-state index < -0.39 is 17.2 Å². The van der Waals surface area contributed by atoms with Gasteiger partial charge in [0.2, 0.25) is 11.8 Å². The number of ether oxygens (including phenoxy) is 2. The van der Waals surface area contributed by atoms with E-state index in [9.17, 15) is 19.5 Å². The van der Waals surface area contributed by atoms with E-state index in [1.807, 2.05) is 34.1 Å². The summed E-state index contributed by atoms with van der Waals surface area (Å²) in [5.74, 6) is 0.742. The summed E-state index contributed by atoms with van der Waals surface area (Å²) < 4.78 is 11.3. The molecule has 244 valence electrons. The van der Waals surface area contributed by atoms with Crippen LogP contribution in [0.25, 0.3) is 0 Å². The molecule has 3 heterocycles. The van der Waals surface area contributed by atoms with E-state index in [4.69, 9.17) is 9.47 Å². The molecule has 5 rings (SSSR count).